The SMILES string of the molecule is NC(=O)[C@]1(c2cnccn2)CCCN1Cc1cncnc1. The Balaban J connectivity index is 1.97. The Hall–Kier alpha value is -2.41. The monoisotopic (exact) mass is 284 g/mol. The van der Waals surface area contributed by atoms with Gasteiger partial charge in [0.25, 0.3) is 0 Å². The average Bonchev–Trinajstić information content (AvgIpc) is 2.94. The van der Waals surface area contributed by atoms with E-state index in [9.17, 15) is 4.79 Å². The highest BCUT2D eigenvalue weighted by Crippen LogP contribution is 2.38. The zero-order chi connectivity index (χ0) is 14.7. The van der Waals surface area contributed by atoms with Crippen LogP contribution in [0.15, 0.2) is 37.3 Å². The van der Waals surface area contributed by atoms with Gasteiger partial charge in [-0.15, -0.1) is 0 Å². The van der Waals surface area contributed by atoms with Crippen LogP contribution in [0.2, 0.25) is 0 Å². The molecule has 1 saturated heterocycles. The Morgan fingerprint density at radius 2 is 2.05 bits per heavy atom. The molecule has 108 valence electrons. The van der Waals surface area contributed by atoms with E-state index >= 15 is 0 Å². The summed E-state index contributed by atoms with van der Waals surface area (Å²) in [6.45, 7) is 1.33. The van der Waals surface area contributed by atoms with Crippen molar-refractivity contribution < 1.29 is 4.79 Å². The van der Waals surface area contributed by atoms with Crippen LogP contribution in [0.25, 0.3) is 0 Å². The molecular weight excluding hydrogens is 268 g/mol. The molecule has 3 rings (SSSR count). The molecule has 7 nitrogen and oxygen atoms in total. The Kier molecular flexibility index (Phi) is 3.57. The largest absolute Gasteiger partial charge is 0.368 e. The molecule has 0 saturated carbocycles. The molecule has 1 aliphatic rings. The van der Waals surface area contributed by atoms with Gasteiger partial charge in [0, 0.05) is 36.9 Å². The first-order valence-electron chi connectivity index (χ1n) is 6.79. The predicted molar refractivity (Wildman–Crippen MR) is 74.6 cm³/mol. The Morgan fingerprint density at radius 3 is 2.71 bits per heavy atom. The van der Waals surface area contributed by atoms with Gasteiger partial charge in [0.1, 0.15) is 11.9 Å². The highest BCUT2D eigenvalue weighted by atomic mass is 16.1. The summed E-state index contributed by atoms with van der Waals surface area (Å²) in [6, 6.07) is 0. The molecular formula is C14H16N6O. The van der Waals surface area contributed by atoms with Gasteiger partial charge in [-0.1, -0.05) is 0 Å². The number of nitrogens with two attached hydrogens (primary N) is 1. The third-order valence-electron chi connectivity index (χ3n) is 3.89. The van der Waals surface area contributed by atoms with E-state index in [0.29, 0.717) is 18.7 Å². The molecule has 1 fully saturated rings. The number of nitrogens with zero attached hydrogens (tertiary/aromatic N) is 5. The molecule has 2 aromatic rings. The van der Waals surface area contributed by atoms with E-state index in [4.69, 9.17) is 5.73 Å². The van der Waals surface area contributed by atoms with Gasteiger partial charge in [0.2, 0.25) is 5.91 Å². The summed E-state index contributed by atoms with van der Waals surface area (Å²) >= 11 is 0. The van der Waals surface area contributed by atoms with E-state index in [1.807, 2.05) is 4.90 Å². The van der Waals surface area contributed by atoms with Crippen LogP contribution in [0.5, 0.6) is 0 Å². The van der Waals surface area contributed by atoms with Crippen LogP contribution in [-0.4, -0.2) is 37.3 Å². The third kappa shape index (κ3) is 2.36. The predicted octanol–water partition coefficient (Wildman–Crippen LogP) is 0.243. The quantitative estimate of drug-likeness (QED) is 0.863. The van der Waals surface area contributed by atoms with E-state index in [1.165, 1.54) is 6.33 Å². The summed E-state index contributed by atoms with van der Waals surface area (Å²) in [4.78, 5) is 30.7. The second kappa shape index (κ2) is 5.53. The van der Waals surface area contributed by atoms with Crippen molar-refractivity contribution >= 4 is 5.91 Å². The maximum atomic E-state index is 12.2. The van der Waals surface area contributed by atoms with Gasteiger partial charge in [0.15, 0.2) is 0 Å². The number of hydrogen-bond acceptors (Lipinski definition) is 6. The fourth-order valence-corrected chi connectivity index (χ4v) is 2.93. The van der Waals surface area contributed by atoms with Gasteiger partial charge < -0.3 is 5.73 Å². The van der Waals surface area contributed by atoms with Gasteiger partial charge in [-0.2, -0.15) is 0 Å². The topological polar surface area (TPSA) is 97.9 Å². The van der Waals surface area contributed by atoms with Crippen LogP contribution in [0, 0.1) is 0 Å². The van der Waals surface area contributed by atoms with Crippen molar-refractivity contribution in [3.63, 3.8) is 0 Å². The standard InChI is InChI=1S/C14H16N6O/c15-13(21)14(12-8-16-3-4-19-12)2-1-5-20(14)9-11-6-17-10-18-7-11/h3-4,6-8,10H,1-2,5,9H2,(H2,15,21)/t14-/m1/s1. The lowest BCUT2D eigenvalue weighted by Crippen LogP contribution is -2.51. The molecule has 0 bridgehead atoms. The number of likely N-dealkylation sites (tertiary alicyclic amines) is 1. The summed E-state index contributed by atoms with van der Waals surface area (Å²) in [5.41, 5.74) is 6.37. The molecule has 1 amide bonds. The van der Waals surface area contributed by atoms with Gasteiger partial charge >= 0.3 is 0 Å². The Labute approximate surface area is 122 Å². The second-order valence-corrected chi connectivity index (χ2v) is 5.09. The fourth-order valence-electron chi connectivity index (χ4n) is 2.93. The highest BCUT2D eigenvalue weighted by molar-refractivity contribution is 5.86. The Morgan fingerprint density at radius 1 is 1.24 bits per heavy atom. The number of primary amides is 1. The minimum atomic E-state index is -0.899. The minimum Gasteiger partial charge on any atom is -0.368 e. The maximum Gasteiger partial charge on any atom is 0.244 e. The smallest absolute Gasteiger partial charge is 0.244 e. The third-order valence-corrected chi connectivity index (χ3v) is 3.89. The number of aromatic nitrogens is 4. The lowest BCUT2D eigenvalue weighted by Gasteiger charge is -2.34. The first kappa shape index (κ1) is 13.6. The summed E-state index contributed by atoms with van der Waals surface area (Å²) in [5.74, 6) is -0.391. The van der Waals surface area contributed by atoms with Crippen molar-refractivity contribution in [2.45, 2.75) is 24.9 Å². The summed E-state index contributed by atoms with van der Waals surface area (Å²) < 4.78 is 0. The van der Waals surface area contributed by atoms with Crippen LogP contribution < -0.4 is 5.73 Å². The number of carbonyl (C=O) groups is 1. The summed E-state index contributed by atoms with van der Waals surface area (Å²) in [7, 11) is 0. The molecule has 2 N–H and O–H groups in total. The van der Waals surface area contributed by atoms with E-state index < -0.39 is 11.4 Å². The highest BCUT2D eigenvalue weighted by Gasteiger charge is 2.48. The maximum absolute atomic E-state index is 12.2. The molecule has 7 heteroatoms. The van der Waals surface area contributed by atoms with Crippen LogP contribution in [0.1, 0.15) is 24.1 Å². The van der Waals surface area contributed by atoms with Crippen molar-refractivity contribution in [3.8, 4) is 0 Å². The molecule has 0 spiro atoms. The van der Waals surface area contributed by atoms with Crippen molar-refractivity contribution in [2.75, 3.05) is 6.54 Å². The molecule has 0 aliphatic carbocycles. The van der Waals surface area contributed by atoms with Crippen molar-refractivity contribution in [1.29, 1.82) is 0 Å². The number of hydrogen-bond donors (Lipinski definition) is 1. The molecule has 0 radical (unpaired) electrons. The second-order valence-electron chi connectivity index (χ2n) is 5.09. The lowest BCUT2D eigenvalue weighted by atomic mass is 9.91. The van der Waals surface area contributed by atoms with Gasteiger partial charge in [-0.25, -0.2) is 9.97 Å². The number of rotatable bonds is 4. The van der Waals surface area contributed by atoms with Crippen LogP contribution >= 0.6 is 0 Å². The molecule has 1 atom stereocenters. The summed E-state index contributed by atoms with van der Waals surface area (Å²) in [5, 5.41) is 0. The van der Waals surface area contributed by atoms with Gasteiger partial charge in [0.05, 0.1) is 11.9 Å². The molecule has 1 aliphatic heterocycles. The zero-order valence-electron chi connectivity index (χ0n) is 11.5. The molecule has 2 aromatic heterocycles. The molecule has 21 heavy (non-hydrogen) atoms. The first-order chi connectivity index (χ1) is 10.2. The van der Waals surface area contributed by atoms with Crippen molar-refractivity contribution in [1.82, 2.24) is 24.8 Å². The lowest BCUT2D eigenvalue weighted by molar-refractivity contribution is -0.129. The van der Waals surface area contributed by atoms with Crippen LogP contribution in [-0.2, 0) is 16.9 Å². The van der Waals surface area contributed by atoms with E-state index in [2.05, 4.69) is 19.9 Å². The van der Waals surface area contributed by atoms with Gasteiger partial charge in [-0.05, 0) is 19.4 Å². The van der Waals surface area contributed by atoms with E-state index in [1.54, 1.807) is 31.0 Å². The van der Waals surface area contributed by atoms with Gasteiger partial charge in [-0.3, -0.25) is 19.7 Å². The van der Waals surface area contributed by atoms with E-state index in [-0.39, 0.29) is 0 Å². The number of carbonyl (C=O) groups excluding carboxylic acids is 1. The van der Waals surface area contributed by atoms with Crippen LogP contribution in [0.3, 0.4) is 0 Å². The minimum absolute atomic E-state index is 0.391. The Bertz CT molecular complexity index is 620. The fraction of sp³-hybridized carbons (Fsp3) is 0.357. The molecule has 0 unspecified atom stereocenters. The molecule has 3 heterocycles. The first-order valence-corrected chi connectivity index (χ1v) is 6.79. The average molecular weight is 284 g/mol. The summed E-state index contributed by atoms with van der Waals surface area (Å²) in [6.07, 6.45) is 11.3. The number of amides is 1. The van der Waals surface area contributed by atoms with E-state index in [0.717, 1.165) is 18.5 Å². The zero-order valence-corrected chi connectivity index (χ0v) is 11.5. The van der Waals surface area contributed by atoms with Crippen molar-refractivity contribution in [2.24, 2.45) is 5.73 Å². The molecule has 0 aromatic carbocycles. The normalized spacial score (nSPS) is 22.3. The van der Waals surface area contributed by atoms with Crippen LogP contribution in [0.4, 0.5) is 0 Å². The van der Waals surface area contributed by atoms with Crippen molar-refractivity contribution in [3.05, 3.63) is 48.6 Å².